The SMILES string of the molecule is O=C(C=Cc1ccccc1Br)Nc1cncc(C(=O)O)c1. The number of carboxylic acid groups (broad SMARTS) is 1. The second kappa shape index (κ2) is 6.81. The zero-order chi connectivity index (χ0) is 15.2. The van der Waals surface area contributed by atoms with Gasteiger partial charge in [0.05, 0.1) is 17.4 Å². The molecule has 0 bridgehead atoms. The van der Waals surface area contributed by atoms with E-state index in [0.29, 0.717) is 5.69 Å². The molecule has 0 radical (unpaired) electrons. The summed E-state index contributed by atoms with van der Waals surface area (Å²) in [5.41, 5.74) is 1.21. The number of carbonyl (C=O) groups is 2. The zero-order valence-corrected chi connectivity index (χ0v) is 12.4. The third kappa shape index (κ3) is 4.25. The number of nitrogens with zero attached hydrogens (tertiary/aromatic N) is 1. The maximum Gasteiger partial charge on any atom is 0.337 e. The Kier molecular flexibility index (Phi) is 4.84. The third-order valence-corrected chi connectivity index (χ3v) is 3.29. The molecule has 0 spiro atoms. The van der Waals surface area contributed by atoms with Crippen molar-refractivity contribution in [2.45, 2.75) is 0 Å². The highest BCUT2D eigenvalue weighted by Gasteiger charge is 2.05. The van der Waals surface area contributed by atoms with E-state index < -0.39 is 5.97 Å². The van der Waals surface area contributed by atoms with E-state index in [-0.39, 0.29) is 11.5 Å². The molecule has 1 aromatic heterocycles. The monoisotopic (exact) mass is 346 g/mol. The van der Waals surface area contributed by atoms with E-state index >= 15 is 0 Å². The number of aromatic carboxylic acids is 1. The molecule has 1 aromatic carbocycles. The quantitative estimate of drug-likeness (QED) is 0.833. The van der Waals surface area contributed by atoms with Crippen molar-refractivity contribution in [3.63, 3.8) is 0 Å². The van der Waals surface area contributed by atoms with Crippen LogP contribution in [-0.2, 0) is 4.79 Å². The standard InChI is InChI=1S/C15H11BrN2O3/c16-13-4-2-1-3-10(13)5-6-14(19)18-12-7-11(15(20)21)8-17-9-12/h1-9H,(H,18,19)(H,20,21). The molecule has 0 unspecified atom stereocenters. The van der Waals surface area contributed by atoms with E-state index in [1.54, 1.807) is 6.08 Å². The first-order chi connectivity index (χ1) is 10.1. The molecule has 0 aliphatic heterocycles. The van der Waals surface area contributed by atoms with Crippen LogP contribution in [0.1, 0.15) is 15.9 Å². The average Bonchev–Trinajstić information content (AvgIpc) is 2.46. The molecule has 21 heavy (non-hydrogen) atoms. The predicted molar refractivity (Wildman–Crippen MR) is 83.0 cm³/mol. The van der Waals surface area contributed by atoms with Gasteiger partial charge in [-0.05, 0) is 23.8 Å². The molecule has 2 aromatic rings. The van der Waals surface area contributed by atoms with Crippen molar-refractivity contribution in [1.29, 1.82) is 0 Å². The van der Waals surface area contributed by atoms with Crippen molar-refractivity contribution in [2.75, 3.05) is 5.32 Å². The van der Waals surface area contributed by atoms with E-state index in [2.05, 4.69) is 26.2 Å². The van der Waals surface area contributed by atoms with Crippen LogP contribution in [-0.4, -0.2) is 22.0 Å². The molecule has 0 aliphatic rings. The summed E-state index contributed by atoms with van der Waals surface area (Å²) in [5, 5.41) is 11.4. The first-order valence-corrected chi connectivity index (χ1v) is 6.77. The third-order valence-electron chi connectivity index (χ3n) is 2.57. The first kappa shape index (κ1) is 14.9. The molecule has 0 fully saturated rings. The summed E-state index contributed by atoms with van der Waals surface area (Å²) in [6.45, 7) is 0. The van der Waals surface area contributed by atoms with Gasteiger partial charge in [0.2, 0.25) is 5.91 Å². The van der Waals surface area contributed by atoms with Gasteiger partial charge >= 0.3 is 5.97 Å². The Balaban J connectivity index is 2.07. The minimum Gasteiger partial charge on any atom is -0.478 e. The van der Waals surface area contributed by atoms with Gasteiger partial charge in [0, 0.05) is 16.7 Å². The highest BCUT2D eigenvalue weighted by Crippen LogP contribution is 2.17. The molecule has 106 valence electrons. The molecule has 0 saturated heterocycles. The van der Waals surface area contributed by atoms with Gasteiger partial charge < -0.3 is 10.4 Å². The lowest BCUT2D eigenvalue weighted by Gasteiger charge is -2.02. The van der Waals surface area contributed by atoms with Gasteiger partial charge in [0.15, 0.2) is 0 Å². The van der Waals surface area contributed by atoms with E-state index in [0.717, 1.165) is 10.0 Å². The van der Waals surface area contributed by atoms with Crippen molar-refractivity contribution in [3.8, 4) is 0 Å². The van der Waals surface area contributed by atoms with Crippen LogP contribution in [0.5, 0.6) is 0 Å². The van der Waals surface area contributed by atoms with Gasteiger partial charge in [0.25, 0.3) is 0 Å². The number of hydrogen-bond acceptors (Lipinski definition) is 3. The fraction of sp³-hybridized carbons (Fsp3) is 0. The number of pyridine rings is 1. The summed E-state index contributed by atoms with van der Waals surface area (Å²) in [6.07, 6.45) is 5.63. The van der Waals surface area contributed by atoms with E-state index in [9.17, 15) is 9.59 Å². The molecule has 2 rings (SSSR count). The van der Waals surface area contributed by atoms with Gasteiger partial charge in [0.1, 0.15) is 0 Å². The maximum atomic E-state index is 11.8. The van der Waals surface area contributed by atoms with Crippen LogP contribution in [0.2, 0.25) is 0 Å². The highest BCUT2D eigenvalue weighted by molar-refractivity contribution is 9.10. The van der Waals surface area contributed by atoms with Gasteiger partial charge in [-0.15, -0.1) is 0 Å². The molecule has 1 heterocycles. The predicted octanol–water partition coefficient (Wildman–Crippen LogP) is 3.19. The molecule has 0 saturated carbocycles. The number of carbonyl (C=O) groups excluding carboxylic acids is 1. The summed E-state index contributed by atoms with van der Waals surface area (Å²) in [6, 6.07) is 8.82. The van der Waals surface area contributed by atoms with E-state index in [1.807, 2.05) is 24.3 Å². The summed E-state index contributed by atoms with van der Waals surface area (Å²) in [5.74, 6) is -1.46. The Morgan fingerprint density at radius 3 is 2.71 bits per heavy atom. The number of hydrogen-bond donors (Lipinski definition) is 2. The number of nitrogens with one attached hydrogen (secondary N) is 1. The minimum atomic E-state index is -1.10. The number of amides is 1. The number of benzene rings is 1. The van der Waals surface area contributed by atoms with Crippen LogP contribution in [0.3, 0.4) is 0 Å². The molecule has 1 amide bonds. The Labute approximate surface area is 129 Å². The number of halogens is 1. The van der Waals surface area contributed by atoms with Gasteiger partial charge in [-0.25, -0.2) is 4.79 Å². The lowest BCUT2D eigenvalue weighted by Crippen LogP contribution is -2.09. The number of carboxylic acids is 1. The first-order valence-electron chi connectivity index (χ1n) is 5.98. The van der Waals surface area contributed by atoms with Crippen molar-refractivity contribution in [2.24, 2.45) is 0 Å². The largest absolute Gasteiger partial charge is 0.478 e. The summed E-state index contributed by atoms with van der Waals surface area (Å²) < 4.78 is 0.878. The van der Waals surface area contributed by atoms with Crippen molar-refractivity contribution in [1.82, 2.24) is 4.98 Å². The fourth-order valence-electron chi connectivity index (χ4n) is 1.58. The Bertz CT molecular complexity index is 714. The molecule has 5 nitrogen and oxygen atoms in total. The van der Waals surface area contributed by atoms with Crippen LogP contribution in [0.15, 0.2) is 53.3 Å². The number of aromatic nitrogens is 1. The van der Waals surface area contributed by atoms with Crippen molar-refractivity contribution >= 4 is 39.6 Å². The topological polar surface area (TPSA) is 79.3 Å². The van der Waals surface area contributed by atoms with Crippen molar-refractivity contribution < 1.29 is 14.7 Å². The molecule has 0 atom stereocenters. The molecular formula is C15H11BrN2O3. The smallest absolute Gasteiger partial charge is 0.337 e. The van der Waals surface area contributed by atoms with Crippen LogP contribution in [0.25, 0.3) is 6.08 Å². The molecule has 0 aliphatic carbocycles. The zero-order valence-electron chi connectivity index (χ0n) is 10.8. The minimum absolute atomic E-state index is 0.0163. The molecule has 6 heteroatoms. The van der Waals surface area contributed by atoms with Crippen molar-refractivity contribution in [3.05, 3.63) is 64.4 Å². The highest BCUT2D eigenvalue weighted by atomic mass is 79.9. The molecular weight excluding hydrogens is 336 g/mol. The average molecular weight is 347 g/mol. The van der Waals surface area contributed by atoms with Gasteiger partial charge in [-0.3, -0.25) is 9.78 Å². The van der Waals surface area contributed by atoms with E-state index in [1.165, 1.54) is 24.5 Å². The number of anilines is 1. The van der Waals surface area contributed by atoms with Crippen LogP contribution < -0.4 is 5.32 Å². The Hall–Kier alpha value is -2.47. The maximum absolute atomic E-state index is 11.8. The fourth-order valence-corrected chi connectivity index (χ4v) is 2.00. The van der Waals surface area contributed by atoms with Gasteiger partial charge in [-0.1, -0.05) is 34.1 Å². The summed E-state index contributed by atoms with van der Waals surface area (Å²) >= 11 is 3.38. The second-order valence-corrected chi connectivity index (χ2v) is 4.97. The van der Waals surface area contributed by atoms with Gasteiger partial charge in [-0.2, -0.15) is 0 Å². The summed E-state index contributed by atoms with van der Waals surface area (Å²) in [4.78, 5) is 26.4. The lowest BCUT2D eigenvalue weighted by atomic mass is 10.2. The van der Waals surface area contributed by atoms with E-state index in [4.69, 9.17) is 5.11 Å². The van der Waals surface area contributed by atoms with Crippen LogP contribution in [0, 0.1) is 0 Å². The Morgan fingerprint density at radius 1 is 1.24 bits per heavy atom. The number of rotatable bonds is 4. The normalized spacial score (nSPS) is 10.5. The Morgan fingerprint density at radius 2 is 2.00 bits per heavy atom. The van der Waals surface area contributed by atoms with Crippen LogP contribution in [0.4, 0.5) is 5.69 Å². The summed E-state index contributed by atoms with van der Waals surface area (Å²) in [7, 11) is 0. The molecule has 2 N–H and O–H groups in total. The second-order valence-electron chi connectivity index (χ2n) is 4.11. The van der Waals surface area contributed by atoms with Crippen LogP contribution >= 0.6 is 15.9 Å². The lowest BCUT2D eigenvalue weighted by molar-refractivity contribution is -0.111.